The number of likely N-dealkylation sites (N-methyl/N-ethyl adjacent to an activating group) is 1. The number of hydrazine groups is 1. The molecule has 0 radical (unpaired) electrons. The molecule has 2 rings (SSSR count). The summed E-state index contributed by atoms with van der Waals surface area (Å²) in [4.78, 5) is 17.1. The van der Waals surface area contributed by atoms with Crippen molar-refractivity contribution in [2.75, 3.05) is 56.6 Å². The van der Waals surface area contributed by atoms with Crippen molar-refractivity contribution < 1.29 is 0 Å². The number of aromatic nitrogens is 3. The van der Waals surface area contributed by atoms with E-state index in [0.717, 1.165) is 39.3 Å². The molecule has 0 amide bonds. The Morgan fingerprint density at radius 3 is 2.35 bits per heavy atom. The van der Waals surface area contributed by atoms with Gasteiger partial charge < -0.3 is 9.80 Å². The van der Waals surface area contributed by atoms with Gasteiger partial charge in [-0.1, -0.05) is 0 Å². The lowest BCUT2D eigenvalue weighted by Crippen LogP contribution is -2.47. The Morgan fingerprint density at radius 2 is 1.75 bits per heavy atom. The summed E-state index contributed by atoms with van der Waals surface area (Å²) in [5.74, 6) is 1.13. The molecule has 0 unspecified atom stereocenters. The van der Waals surface area contributed by atoms with E-state index >= 15 is 0 Å². The molecule has 0 spiro atoms. The van der Waals surface area contributed by atoms with Crippen LogP contribution in [-0.4, -0.2) is 71.2 Å². The maximum absolute atomic E-state index is 5.99. The number of anilines is 2. The van der Waals surface area contributed by atoms with E-state index in [1.165, 1.54) is 0 Å². The molecular formula is C12H22ClN7. The second-order valence-corrected chi connectivity index (χ2v) is 5.14. The molecule has 7 nitrogen and oxygen atoms in total. The largest absolute Gasteiger partial charge is 0.341 e. The van der Waals surface area contributed by atoms with Gasteiger partial charge in [0.1, 0.15) is 0 Å². The molecule has 0 saturated carbocycles. The van der Waals surface area contributed by atoms with Gasteiger partial charge in [0.2, 0.25) is 17.2 Å². The Bertz CT molecular complexity index is 430. The van der Waals surface area contributed by atoms with Crippen molar-refractivity contribution in [2.24, 2.45) is 0 Å². The first-order valence-corrected chi connectivity index (χ1v) is 7.36. The zero-order valence-electron chi connectivity index (χ0n) is 12.3. The average molecular weight is 300 g/mol. The first-order chi connectivity index (χ1) is 9.62. The van der Waals surface area contributed by atoms with E-state index in [0.29, 0.717) is 11.9 Å². The van der Waals surface area contributed by atoms with Crippen molar-refractivity contribution in [3.8, 4) is 0 Å². The van der Waals surface area contributed by atoms with Gasteiger partial charge in [-0.15, -0.1) is 0 Å². The summed E-state index contributed by atoms with van der Waals surface area (Å²) in [6.07, 6.45) is 0. The summed E-state index contributed by atoms with van der Waals surface area (Å²) < 4.78 is 0. The molecule has 2 heterocycles. The van der Waals surface area contributed by atoms with E-state index in [2.05, 4.69) is 51.2 Å². The summed E-state index contributed by atoms with van der Waals surface area (Å²) >= 11 is 5.99. The smallest absolute Gasteiger partial charge is 0.243 e. The van der Waals surface area contributed by atoms with E-state index in [-0.39, 0.29) is 5.28 Å². The molecule has 1 aliphatic heterocycles. The van der Waals surface area contributed by atoms with Gasteiger partial charge in [0.15, 0.2) is 0 Å². The van der Waals surface area contributed by atoms with Crippen molar-refractivity contribution in [3.63, 3.8) is 0 Å². The Morgan fingerprint density at radius 1 is 1.10 bits per heavy atom. The molecule has 112 valence electrons. The SMILES string of the molecule is CCN(CC)c1nc(Cl)nc(NN2CCN(C)CC2)n1. The summed E-state index contributed by atoms with van der Waals surface area (Å²) in [5, 5.41) is 2.33. The van der Waals surface area contributed by atoms with Crippen LogP contribution in [0.25, 0.3) is 0 Å². The van der Waals surface area contributed by atoms with E-state index < -0.39 is 0 Å². The van der Waals surface area contributed by atoms with Gasteiger partial charge in [-0.05, 0) is 32.5 Å². The van der Waals surface area contributed by atoms with Crippen LogP contribution in [0.15, 0.2) is 0 Å². The van der Waals surface area contributed by atoms with Crippen LogP contribution in [-0.2, 0) is 0 Å². The van der Waals surface area contributed by atoms with Gasteiger partial charge in [-0.25, -0.2) is 5.01 Å². The minimum Gasteiger partial charge on any atom is -0.341 e. The molecule has 1 aliphatic rings. The third-order valence-corrected chi connectivity index (χ3v) is 3.57. The van der Waals surface area contributed by atoms with Crippen LogP contribution in [0.5, 0.6) is 0 Å². The van der Waals surface area contributed by atoms with E-state index in [9.17, 15) is 0 Å². The van der Waals surface area contributed by atoms with Gasteiger partial charge in [0.25, 0.3) is 0 Å². The fourth-order valence-corrected chi connectivity index (χ4v) is 2.25. The highest BCUT2D eigenvalue weighted by Crippen LogP contribution is 2.14. The Balaban J connectivity index is 2.07. The molecule has 0 aliphatic carbocycles. The standard InChI is InChI=1S/C12H22ClN7/c1-4-19(5-2)12-15-10(13)14-11(16-12)17-20-8-6-18(3)7-9-20/h4-9H2,1-3H3,(H,14,15,16,17). The molecule has 0 bridgehead atoms. The second kappa shape index (κ2) is 7.01. The van der Waals surface area contributed by atoms with E-state index in [1.807, 2.05) is 4.90 Å². The minimum atomic E-state index is 0.221. The molecule has 8 heteroatoms. The lowest BCUT2D eigenvalue weighted by molar-refractivity contribution is 0.178. The molecule has 20 heavy (non-hydrogen) atoms. The third kappa shape index (κ3) is 3.91. The zero-order chi connectivity index (χ0) is 14.5. The van der Waals surface area contributed by atoms with Crippen LogP contribution in [0.4, 0.5) is 11.9 Å². The zero-order valence-corrected chi connectivity index (χ0v) is 13.1. The fraction of sp³-hybridized carbons (Fsp3) is 0.750. The molecule has 1 aromatic heterocycles. The lowest BCUT2D eigenvalue weighted by Gasteiger charge is -2.32. The fourth-order valence-electron chi connectivity index (χ4n) is 2.10. The maximum Gasteiger partial charge on any atom is 0.243 e. The first kappa shape index (κ1) is 15.2. The topological polar surface area (TPSA) is 60.4 Å². The summed E-state index contributed by atoms with van der Waals surface area (Å²) in [7, 11) is 2.12. The Kier molecular flexibility index (Phi) is 5.33. The molecule has 0 aromatic carbocycles. The van der Waals surface area contributed by atoms with Crippen LogP contribution in [0, 0.1) is 0 Å². The predicted molar refractivity (Wildman–Crippen MR) is 81.1 cm³/mol. The van der Waals surface area contributed by atoms with Crippen LogP contribution in [0.3, 0.4) is 0 Å². The molecule has 1 saturated heterocycles. The van der Waals surface area contributed by atoms with Crippen LogP contribution >= 0.6 is 11.6 Å². The molecule has 0 atom stereocenters. The van der Waals surface area contributed by atoms with Crippen LogP contribution < -0.4 is 10.3 Å². The lowest BCUT2D eigenvalue weighted by atomic mass is 10.4. The molecule has 1 aromatic rings. The monoisotopic (exact) mass is 299 g/mol. The molecular weight excluding hydrogens is 278 g/mol. The van der Waals surface area contributed by atoms with Gasteiger partial charge in [0.05, 0.1) is 0 Å². The minimum absolute atomic E-state index is 0.221. The predicted octanol–water partition coefficient (Wildman–Crippen LogP) is 0.945. The number of nitrogens with one attached hydrogen (secondary N) is 1. The van der Waals surface area contributed by atoms with Crippen molar-refractivity contribution >= 4 is 23.5 Å². The van der Waals surface area contributed by atoms with Gasteiger partial charge in [-0.3, -0.25) is 5.43 Å². The van der Waals surface area contributed by atoms with E-state index in [4.69, 9.17) is 11.6 Å². The van der Waals surface area contributed by atoms with Crippen LogP contribution in [0.2, 0.25) is 5.28 Å². The highest BCUT2D eigenvalue weighted by atomic mass is 35.5. The maximum atomic E-state index is 5.99. The Labute approximate surface area is 124 Å². The molecule has 1 N–H and O–H groups in total. The van der Waals surface area contributed by atoms with Gasteiger partial charge in [0, 0.05) is 39.3 Å². The Hall–Kier alpha value is -1.18. The van der Waals surface area contributed by atoms with Crippen molar-refractivity contribution in [3.05, 3.63) is 5.28 Å². The number of hydrogen-bond donors (Lipinski definition) is 1. The van der Waals surface area contributed by atoms with Gasteiger partial charge in [-0.2, -0.15) is 15.0 Å². The third-order valence-electron chi connectivity index (χ3n) is 3.40. The van der Waals surface area contributed by atoms with E-state index in [1.54, 1.807) is 0 Å². The summed E-state index contributed by atoms with van der Waals surface area (Å²) in [6.45, 7) is 9.71. The number of nitrogens with zero attached hydrogens (tertiary/aromatic N) is 6. The molecule has 1 fully saturated rings. The van der Waals surface area contributed by atoms with Gasteiger partial charge >= 0.3 is 0 Å². The highest BCUT2D eigenvalue weighted by molar-refractivity contribution is 6.28. The number of hydrogen-bond acceptors (Lipinski definition) is 7. The van der Waals surface area contributed by atoms with Crippen molar-refractivity contribution in [1.29, 1.82) is 0 Å². The second-order valence-electron chi connectivity index (χ2n) is 4.80. The van der Waals surface area contributed by atoms with Crippen LogP contribution in [0.1, 0.15) is 13.8 Å². The number of rotatable bonds is 5. The summed E-state index contributed by atoms with van der Waals surface area (Å²) in [6, 6.07) is 0. The highest BCUT2D eigenvalue weighted by Gasteiger charge is 2.16. The normalized spacial score (nSPS) is 17.2. The first-order valence-electron chi connectivity index (χ1n) is 6.99. The van der Waals surface area contributed by atoms with Crippen molar-refractivity contribution in [2.45, 2.75) is 13.8 Å². The van der Waals surface area contributed by atoms with Crippen molar-refractivity contribution in [1.82, 2.24) is 24.9 Å². The quantitative estimate of drug-likeness (QED) is 0.868. The number of halogens is 1. The number of piperazine rings is 1. The summed E-state index contributed by atoms with van der Waals surface area (Å²) in [5.41, 5.74) is 3.22. The average Bonchev–Trinajstić information content (AvgIpc) is 2.42.